The Balaban J connectivity index is 1.79. The van der Waals surface area contributed by atoms with Crippen molar-refractivity contribution in [1.29, 1.82) is 0 Å². The third kappa shape index (κ3) is 5.28. The SMILES string of the molecule is COc1ccc(-c2cc(C)no2)cc1S(=O)(=O)CCC(=O)Nc1ccccc1C(F)(F)F. The van der Waals surface area contributed by atoms with E-state index in [1.165, 1.54) is 31.4 Å². The van der Waals surface area contributed by atoms with E-state index < -0.39 is 45.3 Å². The fraction of sp³-hybridized carbons (Fsp3) is 0.238. The lowest BCUT2D eigenvalue weighted by Crippen LogP contribution is -2.20. The molecule has 1 N–H and O–H groups in total. The number of nitrogens with zero attached hydrogens (tertiary/aromatic N) is 1. The molecule has 2 aromatic carbocycles. The van der Waals surface area contributed by atoms with Crippen LogP contribution in [0.4, 0.5) is 18.9 Å². The molecule has 0 aliphatic carbocycles. The number of alkyl halides is 3. The lowest BCUT2D eigenvalue weighted by atomic mass is 10.1. The largest absolute Gasteiger partial charge is 0.495 e. The Kier molecular flexibility index (Phi) is 6.58. The first-order valence-corrected chi connectivity index (χ1v) is 11.0. The minimum atomic E-state index is -4.66. The fourth-order valence-corrected chi connectivity index (χ4v) is 4.40. The predicted molar refractivity (Wildman–Crippen MR) is 110 cm³/mol. The predicted octanol–water partition coefficient (Wildman–Crippen LogP) is 4.48. The van der Waals surface area contributed by atoms with E-state index in [4.69, 9.17) is 9.26 Å². The van der Waals surface area contributed by atoms with Crippen LogP contribution in [0.1, 0.15) is 17.7 Å². The second-order valence-electron chi connectivity index (χ2n) is 6.86. The van der Waals surface area contributed by atoms with E-state index in [-0.39, 0.29) is 10.6 Å². The molecule has 0 unspecified atom stereocenters. The van der Waals surface area contributed by atoms with Crippen molar-refractivity contribution in [3.05, 3.63) is 59.8 Å². The number of para-hydroxylation sites is 1. The molecule has 0 spiro atoms. The number of amides is 1. The van der Waals surface area contributed by atoms with E-state index in [1.807, 2.05) is 0 Å². The van der Waals surface area contributed by atoms with Gasteiger partial charge in [0.25, 0.3) is 0 Å². The normalized spacial score (nSPS) is 11.9. The van der Waals surface area contributed by atoms with Gasteiger partial charge in [-0.1, -0.05) is 17.3 Å². The van der Waals surface area contributed by atoms with E-state index >= 15 is 0 Å². The Hall–Kier alpha value is -3.34. The van der Waals surface area contributed by atoms with Crippen molar-refractivity contribution in [1.82, 2.24) is 5.16 Å². The summed E-state index contributed by atoms with van der Waals surface area (Å²) in [7, 11) is -2.72. The number of hydrogen-bond acceptors (Lipinski definition) is 6. The van der Waals surface area contributed by atoms with Crippen LogP contribution in [-0.4, -0.2) is 32.3 Å². The molecule has 0 saturated carbocycles. The first kappa shape index (κ1) is 23.3. The number of hydrogen-bond donors (Lipinski definition) is 1. The molecule has 0 aliphatic heterocycles. The van der Waals surface area contributed by atoms with Gasteiger partial charge < -0.3 is 14.6 Å². The molecular formula is C21H19F3N2O5S. The lowest BCUT2D eigenvalue weighted by molar-refractivity contribution is -0.137. The number of rotatable bonds is 7. The average molecular weight is 468 g/mol. The zero-order chi connectivity index (χ0) is 23.5. The third-order valence-corrected chi connectivity index (χ3v) is 6.25. The smallest absolute Gasteiger partial charge is 0.418 e. The summed E-state index contributed by atoms with van der Waals surface area (Å²) in [5.41, 5.74) is -0.417. The van der Waals surface area contributed by atoms with Crippen LogP contribution in [-0.2, 0) is 20.8 Å². The number of methoxy groups -OCH3 is 1. The van der Waals surface area contributed by atoms with Crippen LogP contribution in [0.2, 0.25) is 0 Å². The first-order valence-electron chi connectivity index (χ1n) is 9.32. The van der Waals surface area contributed by atoms with Gasteiger partial charge in [-0.15, -0.1) is 0 Å². The molecule has 0 bridgehead atoms. The van der Waals surface area contributed by atoms with Gasteiger partial charge in [-0.3, -0.25) is 4.79 Å². The van der Waals surface area contributed by atoms with Crippen molar-refractivity contribution < 1.29 is 35.6 Å². The fourth-order valence-electron chi connectivity index (χ4n) is 2.96. The van der Waals surface area contributed by atoms with Crippen LogP contribution in [0.5, 0.6) is 5.75 Å². The van der Waals surface area contributed by atoms with Gasteiger partial charge in [0.15, 0.2) is 15.6 Å². The Morgan fingerprint density at radius 2 is 1.88 bits per heavy atom. The van der Waals surface area contributed by atoms with Gasteiger partial charge in [0, 0.05) is 18.1 Å². The molecule has 1 amide bonds. The Labute approximate surface area is 182 Å². The topological polar surface area (TPSA) is 98.5 Å². The number of nitrogens with one attached hydrogen (secondary N) is 1. The maximum Gasteiger partial charge on any atom is 0.418 e. The van der Waals surface area contributed by atoms with Crippen molar-refractivity contribution in [3.63, 3.8) is 0 Å². The third-order valence-electron chi connectivity index (χ3n) is 4.52. The quantitative estimate of drug-likeness (QED) is 0.549. The molecule has 0 atom stereocenters. The lowest BCUT2D eigenvalue weighted by Gasteiger charge is -2.14. The van der Waals surface area contributed by atoms with E-state index in [0.29, 0.717) is 17.0 Å². The van der Waals surface area contributed by atoms with E-state index in [1.54, 1.807) is 19.1 Å². The molecule has 1 heterocycles. The summed E-state index contributed by atoms with van der Waals surface area (Å²) in [4.78, 5) is 12.0. The average Bonchev–Trinajstić information content (AvgIpc) is 3.18. The molecule has 7 nitrogen and oxygen atoms in total. The highest BCUT2D eigenvalue weighted by atomic mass is 32.2. The second kappa shape index (κ2) is 9.03. The molecule has 0 fully saturated rings. The number of aryl methyl sites for hydroxylation is 1. The van der Waals surface area contributed by atoms with Crippen LogP contribution < -0.4 is 10.1 Å². The zero-order valence-corrected chi connectivity index (χ0v) is 17.9. The number of aromatic nitrogens is 1. The number of benzene rings is 2. The summed E-state index contributed by atoms with van der Waals surface area (Å²) >= 11 is 0. The zero-order valence-electron chi connectivity index (χ0n) is 17.1. The highest BCUT2D eigenvalue weighted by Crippen LogP contribution is 2.35. The molecule has 0 aliphatic rings. The number of carbonyl (C=O) groups is 1. The van der Waals surface area contributed by atoms with E-state index in [2.05, 4.69) is 10.5 Å². The minimum absolute atomic E-state index is 0.0628. The molecule has 3 rings (SSSR count). The Morgan fingerprint density at radius 3 is 2.50 bits per heavy atom. The summed E-state index contributed by atoms with van der Waals surface area (Å²) in [6, 6.07) is 10.5. The van der Waals surface area contributed by atoms with Gasteiger partial charge in [0.1, 0.15) is 10.6 Å². The molecule has 0 radical (unpaired) electrons. The van der Waals surface area contributed by atoms with Gasteiger partial charge in [-0.05, 0) is 37.3 Å². The summed E-state index contributed by atoms with van der Waals surface area (Å²) in [5.74, 6) is -1.09. The number of ether oxygens (including phenoxy) is 1. The number of halogens is 3. The number of anilines is 1. The van der Waals surface area contributed by atoms with Gasteiger partial charge in [-0.25, -0.2) is 8.42 Å². The Morgan fingerprint density at radius 1 is 1.16 bits per heavy atom. The maximum atomic E-state index is 13.1. The van der Waals surface area contributed by atoms with Gasteiger partial charge >= 0.3 is 6.18 Å². The molecule has 3 aromatic rings. The maximum absolute atomic E-state index is 13.1. The number of sulfone groups is 1. The minimum Gasteiger partial charge on any atom is -0.495 e. The summed E-state index contributed by atoms with van der Waals surface area (Å²) in [6.45, 7) is 1.71. The summed E-state index contributed by atoms with van der Waals surface area (Å²) < 4.78 is 75.3. The molecule has 170 valence electrons. The van der Waals surface area contributed by atoms with Crippen LogP contribution in [0, 0.1) is 6.92 Å². The molecule has 32 heavy (non-hydrogen) atoms. The monoisotopic (exact) mass is 468 g/mol. The van der Waals surface area contributed by atoms with Crippen LogP contribution in [0.15, 0.2) is 57.9 Å². The highest BCUT2D eigenvalue weighted by molar-refractivity contribution is 7.91. The van der Waals surface area contributed by atoms with Crippen LogP contribution in [0.25, 0.3) is 11.3 Å². The molecule has 0 saturated heterocycles. The number of carbonyl (C=O) groups excluding carboxylic acids is 1. The Bertz CT molecular complexity index is 1240. The van der Waals surface area contributed by atoms with Crippen molar-refractivity contribution in [3.8, 4) is 17.1 Å². The van der Waals surface area contributed by atoms with Crippen molar-refractivity contribution in [2.24, 2.45) is 0 Å². The summed E-state index contributed by atoms with van der Waals surface area (Å²) in [6.07, 6.45) is -5.22. The standard InChI is InChI=1S/C21H19F3N2O5S/c1-13-11-18(31-26-13)14-7-8-17(30-2)19(12-14)32(28,29)10-9-20(27)25-16-6-4-3-5-15(16)21(22,23)24/h3-8,11-12H,9-10H2,1-2H3,(H,25,27). The van der Waals surface area contributed by atoms with E-state index in [9.17, 15) is 26.4 Å². The molecule has 1 aromatic heterocycles. The van der Waals surface area contributed by atoms with Crippen molar-refractivity contribution in [2.45, 2.75) is 24.4 Å². The van der Waals surface area contributed by atoms with Crippen molar-refractivity contribution >= 4 is 21.4 Å². The van der Waals surface area contributed by atoms with Gasteiger partial charge in [0.05, 0.1) is 29.8 Å². The summed E-state index contributed by atoms with van der Waals surface area (Å²) in [5, 5.41) is 5.89. The molecular weight excluding hydrogens is 449 g/mol. The van der Waals surface area contributed by atoms with Gasteiger partial charge in [-0.2, -0.15) is 13.2 Å². The van der Waals surface area contributed by atoms with Crippen LogP contribution in [0.3, 0.4) is 0 Å². The van der Waals surface area contributed by atoms with Crippen LogP contribution >= 0.6 is 0 Å². The highest BCUT2D eigenvalue weighted by Gasteiger charge is 2.33. The van der Waals surface area contributed by atoms with Crippen molar-refractivity contribution in [2.75, 3.05) is 18.2 Å². The first-order chi connectivity index (χ1) is 15.0. The second-order valence-corrected chi connectivity index (χ2v) is 8.94. The van der Waals surface area contributed by atoms with E-state index in [0.717, 1.165) is 12.1 Å². The van der Waals surface area contributed by atoms with Gasteiger partial charge in [0.2, 0.25) is 5.91 Å². The molecule has 11 heteroatoms.